The number of halogens is 2. The smallest absolute Gasteiger partial charge is 0.0599 e. The third-order valence-corrected chi connectivity index (χ3v) is 5.00. The molecule has 4 aliphatic rings. The van der Waals surface area contributed by atoms with Gasteiger partial charge in [0.25, 0.3) is 0 Å². The lowest BCUT2D eigenvalue weighted by Gasteiger charge is -2.59. The van der Waals surface area contributed by atoms with Crippen molar-refractivity contribution in [2.75, 3.05) is 0 Å². The molecule has 0 atom stereocenters. The van der Waals surface area contributed by atoms with Crippen molar-refractivity contribution in [3.63, 3.8) is 0 Å². The number of aliphatic hydroxyl groups is 1. The molecule has 4 aliphatic carbocycles. The lowest BCUT2D eigenvalue weighted by molar-refractivity contribution is -0.0745. The van der Waals surface area contributed by atoms with Crippen LogP contribution >= 0.6 is 23.2 Å². The van der Waals surface area contributed by atoms with E-state index >= 15 is 0 Å². The van der Waals surface area contributed by atoms with Gasteiger partial charge in [0.2, 0.25) is 0 Å². The number of rotatable bonds is 0. The van der Waals surface area contributed by atoms with Crippen LogP contribution in [0.15, 0.2) is 0 Å². The second-order valence-electron chi connectivity index (χ2n) is 5.31. The van der Waals surface area contributed by atoms with E-state index in [9.17, 15) is 5.11 Å². The molecule has 4 saturated carbocycles. The van der Waals surface area contributed by atoms with Gasteiger partial charge in [-0.1, -0.05) is 0 Å². The fraction of sp³-hybridized carbons (Fsp3) is 1.00. The normalized spacial score (nSPS) is 64.4. The first-order valence-electron chi connectivity index (χ1n) is 5.06. The van der Waals surface area contributed by atoms with Crippen molar-refractivity contribution < 1.29 is 5.11 Å². The van der Waals surface area contributed by atoms with Crippen LogP contribution in [0.2, 0.25) is 0 Å². The molecule has 1 N–H and O–H groups in total. The van der Waals surface area contributed by atoms with Crippen LogP contribution in [-0.4, -0.2) is 21.0 Å². The van der Waals surface area contributed by atoms with Gasteiger partial charge >= 0.3 is 0 Å². The van der Waals surface area contributed by atoms with E-state index in [1.807, 2.05) is 0 Å². The molecule has 13 heavy (non-hydrogen) atoms. The predicted molar refractivity (Wildman–Crippen MR) is 53.2 cm³/mol. The van der Waals surface area contributed by atoms with E-state index < -0.39 is 0 Å². The van der Waals surface area contributed by atoms with Crippen LogP contribution in [0.25, 0.3) is 0 Å². The summed E-state index contributed by atoms with van der Waals surface area (Å²) in [5.41, 5.74) is 0. The molecule has 0 radical (unpaired) electrons. The number of hydrogen-bond donors (Lipinski definition) is 1. The number of alkyl halides is 2. The van der Waals surface area contributed by atoms with Crippen molar-refractivity contribution in [3.05, 3.63) is 0 Å². The largest absolute Gasteiger partial charge is 0.393 e. The molecule has 3 heteroatoms. The molecular weight excluding hydrogens is 207 g/mol. The maximum atomic E-state index is 9.94. The van der Waals surface area contributed by atoms with Crippen molar-refractivity contribution >= 4 is 23.2 Å². The zero-order valence-corrected chi connectivity index (χ0v) is 8.98. The molecule has 0 aromatic carbocycles. The van der Waals surface area contributed by atoms with Crippen LogP contribution in [-0.2, 0) is 0 Å². The molecule has 74 valence electrons. The summed E-state index contributed by atoms with van der Waals surface area (Å²) in [7, 11) is 0. The van der Waals surface area contributed by atoms with Gasteiger partial charge in [-0.15, -0.1) is 23.2 Å². The Kier molecular flexibility index (Phi) is 1.61. The monoisotopic (exact) mass is 220 g/mol. The fourth-order valence-electron chi connectivity index (χ4n) is 3.91. The average Bonchev–Trinajstić information content (AvgIpc) is 1.94. The third kappa shape index (κ3) is 1.17. The van der Waals surface area contributed by atoms with E-state index in [0.29, 0.717) is 11.8 Å². The van der Waals surface area contributed by atoms with E-state index in [-0.39, 0.29) is 15.9 Å². The van der Waals surface area contributed by atoms with Crippen LogP contribution in [0, 0.1) is 11.8 Å². The summed E-state index contributed by atoms with van der Waals surface area (Å²) < 4.78 is 0. The van der Waals surface area contributed by atoms with Gasteiger partial charge in [-0.2, -0.15) is 0 Å². The maximum absolute atomic E-state index is 9.94. The first-order valence-corrected chi connectivity index (χ1v) is 5.81. The minimum absolute atomic E-state index is 0.0766. The molecule has 0 aromatic heterocycles. The minimum atomic E-state index is -0.126. The van der Waals surface area contributed by atoms with E-state index in [4.69, 9.17) is 23.2 Å². The highest BCUT2D eigenvalue weighted by Gasteiger charge is 2.59. The summed E-state index contributed by atoms with van der Waals surface area (Å²) in [5, 5.41) is 9.94. The summed E-state index contributed by atoms with van der Waals surface area (Å²) in [5.74, 6) is 0.743. The molecule has 0 saturated heterocycles. The fourth-order valence-corrected chi connectivity index (χ4v) is 5.29. The van der Waals surface area contributed by atoms with Crippen LogP contribution in [0.1, 0.15) is 32.1 Å². The Hall–Kier alpha value is 0.540. The highest BCUT2D eigenvalue weighted by molar-refractivity contribution is 6.28. The summed E-state index contributed by atoms with van der Waals surface area (Å²) in [6.07, 6.45) is 4.71. The Labute approximate surface area is 88.4 Å². The van der Waals surface area contributed by atoms with Gasteiger partial charge in [-0.3, -0.25) is 0 Å². The molecule has 0 unspecified atom stereocenters. The molecule has 0 amide bonds. The molecule has 4 fully saturated rings. The van der Waals surface area contributed by atoms with E-state index in [1.165, 1.54) is 0 Å². The van der Waals surface area contributed by atoms with E-state index in [1.54, 1.807) is 0 Å². The summed E-state index contributed by atoms with van der Waals surface area (Å²) in [6.45, 7) is 0. The molecule has 0 aliphatic heterocycles. The molecular formula is C10H14Cl2O. The Morgan fingerprint density at radius 1 is 0.923 bits per heavy atom. The van der Waals surface area contributed by atoms with Crippen LogP contribution in [0.4, 0.5) is 0 Å². The van der Waals surface area contributed by atoms with Crippen molar-refractivity contribution in [3.8, 4) is 0 Å². The zero-order valence-electron chi connectivity index (χ0n) is 7.47. The van der Waals surface area contributed by atoms with Crippen molar-refractivity contribution in [2.24, 2.45) is 11.8 Å². The average molecular weight is 221 g/mol. The number of hydrogen-bond acceptors (Lipinski definition) is 1. The van der Waals surface area contributed by atoms with Gasteiger partial charge < -0.3 is 5.11 Å². The van der Waals surface area contributed by atoms with Gasteiger partial charge in [0, 0.05) is 9.75 Å². The van der Waals surface area contributed by atoms with Gasteiger partial charge in [0.1, 0.15) is 0 Å². The maximum Gasteiger partial charge on any atom is 0.0599 e. The van der Waals surface area contributed by atoms with Gasteiger partial charge in [-0.25, -0.2) is 0 Å². The standard InChI is InChI=1S/C10H14Cl2O/c11-9-1-6-2-10(12,5-9)4-7(3-9)8(6)13/h6-8,13H,1-5H2. The molecule has 4 bridgehead atoms. The topological polar surface area (TPSA) is 20.2 Å². The molecule has 0 heterocycles. The molecule has 1 nitrogen and oxygen atoms in total. The lowest BCUT2D eigenvalue weighted by Crippen LogP contribution is -2.60. The van der Waals surface area contributed by atoms with E-state index in [2.05, 4.69) is 0 Å². The first kappa shape index (κ1) is 8.82. The lowest BCUT2D eigenvalue weighted by atomic mass is 9.54. The van der Waals surface area contributed by atoms with Gasteiger partial charge in [0.05, 0.1) is 6.10 Å². The summed E-state index contributed by atoms with van der Waals surface area (Å²) >= 11 is 13.0. The molecule has 0 spiro atoms. The Morgan fingerprint density at radius 3 is 1.69 bits per heavy atom. The van der Waals surface area contributed by atoms with Crippen molar-refractivity contribution in [1.29, 1.82) is 0 Å². The Balaban J connectivity index is 1.99. The predicted octanol–water partition coefficient (Wildman–Crippen LogP) is 2.53. The molecule has 4 rings (SSSR count). The van der Waals surface area contributed by atoms with Gasteiger partial charge in [-0.05, 0) is 43.9 Å². The second kappa shape index (κ2) is 2.37. The van der Waals surface area contributed by atoms with Gasteiger partial charge in [0.15, 0.2) is 0 Å². The van der Waals surface area contributed by atoms with Crippen LogP contribution in [0.5, 0.6) is 0 Å². The minimum Gasteiger partial charge on any atom is -0.393 e. The summed E-state index contributed by atoms with van der Waals surface area (Å²) in [4.78, 5) is -0.153. The van der Waals surface area contributed by atoms with Crippen molar-refractivity contribution in [1.82, 2.24) is 0 Å². The highest BCUT2D eigenvalue weighted by atomic mass is 35.5. The van der Waals surface area contributed by atoms with Crippen LogP contribution < -0.4 is 0 Å². The summed E-state index contributed by atoms with van der Waals surface area (Å²) in [6, 6.07) is 0. The highest BCUT2D eigenvalue weighted by Crippen LogP contribution is 2.62. The second-order valence-corrected chi connectivity index (χ2v) is 6.91. The SMILES string of the molecule is OC1C2CC3(Cl)CC1CC(Cl)(C2)C3. The zero-order chi connectivity index (χ0) is 9.27. The third-order valence-electron chi connectivity index (χ3n) is 4.11. The first-order chi connectivity index (χ1) is 6.00. The van der Waals surface area contributed by atoms with Crippen LogP contribution in [0.3, 0.4) is 0 Å². The Morgan fingerprint density at radius 2 is 1.31 bits per heavy atom. The molecule has 0 aromatic rings. The quantitative estimate of drug-likeness (QED) is 0.623. The number of aliphatic hydroxyl groups excluding tert-OH is 1. The van der Waals surface area contributed by atoms with Crippen molar-refractivity contribution in [2.45, 2.75) is 48.0 Å². The van der Waals surface area contributed by atoms with E-state index in [0.717, 1.165) is 32.1 Å². The Bertz CT molecular complexity index is 217.